The summed E-state index contributed by atoms with van der Waals surface area (Å²) in [6.45, 7) is 1.97. The van der Waals surface area contributed by atoms with E-state index in [0.29, 0.717) is 17.9 Å². The molecule has 0 unspecified atom stereocenters. The van der Waals surface area contributed by atoms with Gasteiger partial charge < -0.3 is 25.6 Å². The fraction of sp³-hybridized carbons (Fsp3) is 0.889. The number of ether oxygens (including phenoxy) is 2. The van der Waals surface area contributed by atoms with Crippen LogP contribution < -0.4 is 11.1 Å². The summed E-state index contributed by atoms with van der Waals surface area (Å²) in [5.41, 5.74) is 5.80. The minimum absolute atomic E-state index is 0.184. The third-order valence-electron chi connectivity index (χ3n) is 6.09. The van der Waals surface area contributed by atoms with Gasteiger partial charge in [-0.15, -0.1) is 0 Å². The van der Waals surface area contributed by atoms with Crippen LogP contribution >= 0.6 is 11.8 Å². The molecule has 0 fully saturated rings. The largest absolute Gasteiger partial charge is 0.467 e. The van der Waals surface area contributed by atoms with E-state index < -0.39 is 30.6 Å². The smallest absolute Gasteiger partial charge is 0.330 e. The molecule has 0 radical (unpaired) electrons. The van der Waals surface area contributed by atoms with Crippen molar-refractivity contribution in [2.24, 2.45) is 5.73 Å². The zero-order valence-electron chi connectivity index (χ0n) is 22.8. The van der Waals surface area contributed by atoms with Crippen molar-refractivity contribution in [1.82, 2.24) is 5.32 Å². The van der Waals surface area contributed by atoms with E-state index in [1.807, 2.05) is 0 Å². The van der Waals surface area contributed by atoms with Crippen LogP contribution in [-0.4, -0.2) is 66.9 Å². The summed E-state index contributed by atoms with van der Waals surface area (Å²) in [5.74, 6) is -0.617. The minimum Gasteiger partial charge on any atom is -0.467 e. The average Bonchev–Trinajstić information content (AvgIpc) is 2.88. The third-order valence-corrected chi connectivity index (χ3v) is 7.14. The summed E-state index contributed by atoms with van der Waals surface area (Å²) in [5, 5.41) is 11.5. The molecule has 1 amide bonds. The molecule has 36 heavy (non-hydrogen) atoms. The maximum absolute atomic E-state index is 12.0. The molecule has 0 aromatic rings. The maximum atomic E-state index is 12.0. The average molecular weight is 533 g/mol. The standard InChI is InChI=1S/C27H52N2O6S/c1-3-4-5-6-7-8-9-10-11-12-13-14-15-16-17-18-25(31)35-19-20-36-22-23(28)26(32)29-24(21-30)27(33)34-2/h23-24,30H,3-22,28H2,1-2H3,(H,29,32)/t23-,24-/m0/s1. The van der Waals surface area contributed by atoms with Gasteiger partial charge in [0.15, 0.2) is 6.04 Å². The third kappa shape index (κ3) is 20.8. The first-order valence-electron chi connectivity index (χ1n) is 13.9. The summed E-state index contributed by atoms with van der Waals surface area (Å²) in [6, 6.07) is -1.97. The number of rotatable bonds is 25. The van der Waals surface area contributed by atoms with Gasteiger partial charge in [0, 0.05) is 17.9 Å². The normalized spacial score (nSPS) is 12.7. The lowest BCUT2D eigenvalue weighted by molar-refractivity contribution is -0.146. The molecule has 0 bridgehead atoms. The highest BCUT2D eigenvalue weighted by Gasteiger charge is 2.23. The fourth-order valence-corrected chi connectivity index (χ4v) is 4.59. The van der Waals surface area contributed by atoms with Crippen molar-refractivity contribution in [3.63, 3.8) is 0 Å². The fourth-order valence-electron chi connectivity index (χ4n) is 3.81. The van der Waals surface area contributed by atoms with Crippen molar-refractivity contribution < 1.29 is 29.0 Å². The maximum Gasteiger partial charge on any atom is 0.330 e. The molecule has 0 aliphatic rings. The van der Waals surface area contributed by atoms with Crippen molar-refractivity contribution >= 4 is 29.6 Å². The van der Waals surface area contributed by atoms with Crippen LogP contribution in [0.3, 0.4) is 0 Å². The van der Waals surface area contributed by atoms with Gasteiger partial charge in [-0.25, -0.2) is 4.79 Å². The van der Waals surface area contributed by atoms with Crippen molar-refractivity contribution in [1.29, 1.82) is 0 Å². The quantitative estimate of drug-likeness (QED) is 0.116. The van der Waals surface area contributed by atoms with E-state index in [0.717, 1.165) is 12.8 Å². The van der Waals surface area contributed by atoms with Crippen LogP contribution in [0, 0.1) is 0 Å². The number of thioether (sulfide) groups is 1. The summed E-state index contributed by atoms with van der Waals surface area (Å²) < 4.78 is 9.73. The lowest BCUT2D eigenvalue weighted by Crippen LogP contribution is -2.51. The predicted molar refractivity (Wildman–Crippen MR) is 147 cm³/mol. The first kappa shape index (κ1) is 34.7. The predicted octanol–water partition coefficient (Wildman–Crippen LogP) is 4.50. The first-order chi connectivity index (χ1) is 17.5. The molecular weight excluding hydrogens is 480 g/mol. The zero-order chi connectivity index (χ0) is 26.9. The van der Waals surface area contributed by atoms with Crippen LogP contribution in [0.25, 0.3) is 0 Å². The van der Waals surface area contributed by atoms with Crippen LogP contribution in [0.15, 0.2) is 0 Å². The summed E-state index contributed by atoms with van der Waals surface area (Å²) >= 11 is 1.39. The van der Waals surface area contributed by atoms with Gasteiger partial charge in [-0.3, -0.25) is 9.59 Å². The van der Waals surface area contributed by atoms with E-state index >= 15 is 0 Å². The molecule has 4 N–H and O–H groups in total. The molecule has 0 aromatic heterocycles. The number of methoxy groups -OCH3 is 1. The molecule has 0 saturated heterocycles. The van der Waals surface area contributed by atoms with E-state index in [4.69, 9.17) is 15.6 Å². The zero-order valence-corrected chi connectivity index (χ0v) is 23.6. The van der Waals surface area contributed by atoms with Crippen LogP contribution in [0.1, 0.15) is 110 Å². The molecule has 9 heteroatoms. The number of carbonyl (C=O) groups is 3. The van der Waals surface area contributed by atoms with Crippen LogP contribution in [0.2, 0.25) is 0 Å². The molecule has 0 aliphatic carbocycles. The van der Waals surface area contributed by atoms with E-state index in [9.17, 15) is 14.4 Å². The highest BCUT2D eigenvalue weighted by molar-refractivity contribution is 7.99. The summed E-state index contributed by atoms with van der Waals surface area (Å²) in [6.07, 6.45) is 19.8. The molecule has 0 aliphatic heterocycles. The van der Waals surface area contributed by atoms with Gasteiger partial charge in [0.05, 0.1) is 19.8 Å². The van der Waals surface area contributed by atoms with Crippen LogP contribution in [0.4, 0.5) is 0 Å². The molecule has 0 spiro atoms. The van der Waals surface area contributed by atoms with Crippen LogP contribution in [-0.2, 0) is 23.9 Å². The lowest BCUT2D eigenvalue weighted by Gasteiger charge is -2.17. The number of nitrogens with one attached hydrogen (secondary N) is 1. The second-order valence-corrected chi connectivity index (χ2v) is 10.5. The number of hydrogen-bond donors (Lipinski definition) is 3. The number of nitrogens with two attached hydrogens (primary N) is 1. The van der Waals surface area contributed by atoms with Crippen LogP contribution in [0.5, 0.6) is 0 Å². The van der Waals surface area contributed by atoms with Crippen molar-refractivity contribution in [3.05, 3.63) is 0 Å². The number of aliphatic hydroxyl groups is 1. The van der Waals surface area contributed by atoms with Gasteiger partial charge in [0.1, 0.15) is 6.61 Å². The molecular formula is C27H52N2O6S. The molecule has 0 heterocycles. The van der Waals surface area contributed by atoms with E-state index in [1.54, 1.807) is 0 Å². The van der Waals surface area contributed by atoms with E-state index in [-0.39, 0.29) is 12.6 Å². The van der Waals surface area contributed by atoms with Gasteiger partial charge in [-0.2, -0.15) is 11.8 Å². The molecule has 0 aromatic carbocycles. The molecule has 8 nitrogen and oxygen atoms in total. The van der Waals surface area contributed by atoms with Gasteiger partial charge in [-0.1, -0.05) is 96.8 Å². The van der Waals surface area contributed by atoms with Crippen molar-refractivity contribution in [2.75, 3.05) is 31.8 Å². The molecule has 0 rings (SSSR count). The Morgan fingerprint density at radius 1 is 0.861 bits per heavy atom. The Kier molecular flexibility index (Phi) is 24.4. The number of carbonyl (C=O) groups excluding carboxylic acids is 3. The summed E-state index contributed by atoms with van der Waals surface area (Å²) in [4.78, 5) is 35.2. The SMILES string of the molecule is CCCCCCCCCCCCCCCCCC(=O)OCCSC[C@H](N)C(=O)N[C@@H](CO)C(=O)OC. The van der Waals surface area contributed by atoms with Gasteiger partial charge >= 0.3 is 11.9 Å². The van der Waals surface area contributed by atoms with Gasteiger partial charge in [0.25, 0.3) is 0 Å². The molecule has 0 saturated carbocycles. The Labute approximate surface area is 223 Å². The monoisotopic (exact) mass is 532 g/mol. The van der Waals surface area contributed by atoms with E-state index in [2.05, 4.69) is 17.0 Å². The highest BCUT2D eigenvalue weighted by atomic mass is 32.2. The first-order valence-corrected chi connectivity index (χ1v) is 15.1. The number of hydrogen-bond acceptors (Lipinski definition) is 8. The van der Waals surface area contributed by atoms with Gasteiger partial charge in [-0.05, 0) is 6.42 Å². The second kappa shape index (κ2) is 25.3. The van der Waals surface area contributed by atoms with Crippen molar-refractivity contribution in [2.45, 2.75) is 122 Å². The van der Waals surface area contributed by atoms with Gasteiger partial charge in [0.2, 0.25) is 5.91 Å². The minimum atomic E-state index is -1.13. The molecule has 2 atom stereocenters. The second-order valence-electron chi connectivity index (χ2n) is 9.37. The highest BCUT2D eigenvalue weighted by Crippen LogP contribution is 2.14. The number of esters is 2. The van der Waals surface area contributed by atoms with E-state index in [1.165, 1.54) is 102 Å². The Morgan fingerprint density at radius 2 is 1.36 bits per heavy atom. The number of aliphatic hydroxyl groups excluding tert-OH is 1. The lowest BCUT2D eigenvalue weighted by atomic mass is 10.0. The Bertz CT molecular complexity index is 564. The Morgan fingerprint density at radius 3 is 1.83 bits per heavy atom. The Hall–Kier alpha value is -1.32. The van der Waals surface area contributed by atoms with Crippen molar-refractivity contribution in [3.8, 4) is 0 Å². The Balaban J connectivity index is 3.50. The molecule has 212 valence electrons. The topological polar surface area (TPSA) is 128 Å². The summed E-state index contributed by atoms with van der Waals surface area (Å²) in [7, 11) is 1.17. The number of unbranched alkanes of at least 4 members (excludes halogenated alkanes) is 14. The number of amides is 1.